The Morgan fingerprint density at radius 3 is 2.61 bits per heavy atom. The highest BCUT2D eigenvalue weighted by atomic mass is 35.5. The normalized spacial score (nSPS) is 15.5. The van der Waals surface area contributed by atoms with Crippen molar-refractivity contribution in [2.24, 2.45) is 5.41 Å². The zero-order valence-electron chi connectivity index (χ0n) is 16.5. The highest BCUT2D eigenvalue weighted by Gasteiger charge is 2.33. The van der Waals surface area contributed by atoms with Crippen LogP contribution in [0.5, 0.6) is 5.75 Å². The Morgan fingerprint density at radius 2 is 1.96 bits per heavy atom. The van der Waals surface area contributed by atoms with Gasteiger partial charge in [-0.3, -0.25) is 4.79 Å². The third-order valence-electron chi connectivity index (χ3n) is 5.00. The molecule has 5 nitrogen and oxygen atoms in total. The summed E-state index contributed by atoms with van der Waals surface area (Å²) in [4.78, 5) is 14.6. The summed E-state index contributed by atoms with van der Waals surface area (Å²) in [7, 11) is 1.73. The summed E-state index contributed by atoms with van der Waals surface area (Å²) in [6.45, 7) is 5.66. The van der Waals surface area contributed by atoms with Crippen LogP contribution in [0.4, 0.5) is 0 Å². The lowest BCUT2D eigenvalue weighted by atomic mass is 9.79. The van der Waals surface area contributed by atoms with Crippen molar-refractivity contribution in [2.45, 2.75) is 19.8 Å². The Bertz CT molecular complexity index is 740. The van der Waals surface area contributed by atoms with Gasteiger partial charge < -0.3 is 20.1 Å². The van der Waals surface area contributed by atoms with Crippen LogP contribution in [0, 0.1) is 5.41 Å². The van der Waals surface area contributed by atoms with Gasteiger partial charge in [0.25, 0.3) is 5.91 Å². The van der Waals surface area contributed by atoms with Gasteiger partial charge in [-0.2, -0.15) is 0 Å². The molecule has 2 aromatic rings. The fourth-order valence-electron chi connectivity index (χ4n) is 3.52. The van der Waals surface area contributed by atoms with E-state index in [0.717, 1.165) is 36.4 Å². The molecule has 1 aromatic heterocycles. The number of thiophene rings is 1. The summed E-state index contributed by atoms with van der Waals surface area (Å²) in [5, 5.41) is 6.52. The molecule has 1 fully saturated rings. The Morgan fingerprint density at radius 1 is 1.25 bits per heavy atom. The lowest BCUT2D eigenvalue weighted by Crippen LogP contribution is -2.47. The molecule has 2 heterocycles. The number of carbonyl (C=O) groups excluding carboxylic acids is 1. The summed E-state index contributed by atoms with van der Waals surface area (Å²) in [5.74, 6) is 0.588. The molecule has 1 saturated heterocycles. The number of halogens is 1. The standard InChI is InChI=1S/C21H28N2O3S.ClH/c1-3-26-17-13-18(16-7-5-4-6-8-16)27-19(17)20(24)23-14-21(15-25-2)9-11-22-12-10-21;/h4-8,13,22H,3,9-12,14-15H2,1-2H3,(H,23,24);1H. The number of ether oxygens (including phenoxy) is 2. The molecule has 0 bridgehead atoms. The number of methoxy groups -OCH3 is 1. The second-order valence-electron chi connectivity index (χ2n) is 6.97. The van der Waals surface area contributed by atoms with Crippen LogP contribution in [0.15, 0.2) is 36.4 Å². The summed E-state index contributed by atoms with van der Waals surface area (Å²) < 4.78 is 11.2. The number of hydrogen-bond donors (Lipinski definition) is 2. The number of hydrogen-bond acceptors (Lipinski definition) is 5. The van der Waals surface area contributed by atoms with Crippen molar-refractivity contribution in [1.82, 2.24) is 10.6 Å². The molecule has 1 aliphatic heterocycles. The molecule has 0 unspecified atom stereocenters. The molecule has 1 amide bonds. The first-order chi connectivity index (χ1) is 13.2. The van der Waals surface area contributed by atoms with Crippen molar-refractivity contribution in [1.29, 1.82) is 0 Å². The largest absolute Gasteiger partial charge is 0.492 e. The van der Waals surface area contributed by atoms with E-state index < -0.39 is 0 Å². The van der Waals surface area contributed by atoms with Crippen molar-refractivity contribution in [3.63, 3.8) is 0 Å². The number of benzene rings is 1. The molecule has 154 valence electrons. The average molecular weight is 425 g/mol. The lowest BCUT2D eigenvalue weighted by molar-refractivity contribution is 0.0512. The van der Waals surface area contributed by atoms with Gasteiger partial charge in [0.15, 0.2) is 0 Å². The van der Waals surface area contributed by atoms with Crippen LogP contribution < -0.4 is 15.4 Å². The molecule has 0 aliphatic carbocycles. The van der Waals surface area contributed by atoms with Crippen LogP contribution in [0.1, 0.15) is 29.4 Å². The van der Waals surface area contributed by atoms with E-state index in [0.29, 0.717) is 30.4 Å². The molecular formula is C21H29ClN2O3S. The monoisotopic (exact) mass is 424 g/mol. The Balaban J connectivity index is 0.00000280. The minimum absolute atomic E-state index is 0. The minimum Gasteiger partial charge on any atom is -0.492 e. The third-order valence-corrected chi connectivity index (χ3v) is 6.17. The summed E-state index contributed by atoms with van der Waals surface area (Å²) in [6.07, 6.45) is 2.00. The maximum Gasteiger partial charge on any atom is 0.265 e. The Labute approximate surface area is 177 Å². The second-order valence-corrected chi connectivity index (χ2v) is 8.02. The zero-order valence-corrected chi connectivity index (χ0v) is 18.1. The van der Waals surface area contributed by atoms with E-state index in [1.165, 1.54) is 11.3 Å². The van der Waals surface area contributed by atoms with Crippen LogP contribution in [0.25, 0.3) is 10.4 Å². The van der Waals surface area contributed by atoms with Gasteiger partial charge >= 0.3 is 0 Å². The molecule has 2 N–H and O–H groups in total. The second kappa shape index (κ2) is 10.8. The molecule has 0 spiro atoms. The van der Waals surface area contributed by atoms with E-state index >= 15 is 0 Å². The SMILES string of the molecule is CCOc1cc(-c2ccccc2)sc1C(=O)NCC1(COC)CCNCC1.Cl. The highest BCUT2D eigenvalue weighted by Crippen LogP contribution is 2.36. The van der Waals surface area contributed by atoms with Crippen LogP contribution in [0.2, 0.25) is 0 Å². The van der Waals surface area contributed by atoms with E-state index in [1.807, 2.05) is 43.3 Å². The molecule has 7 heteroatoms. The van der Waals surface area contributed by atoms with Crippen molar-refractivity contribution in [2.75, 3.05) is 40.0 Å². The fourth-order valence-corrected chi connectivity index (χ4v) is 4.55. The predicted molar refractivity (Wildman–Crippen MR) is 117 cm³/mol. The van der Waals surface area contributed by atoms with Gasteiger partial charge in [-0.05, 0) is 44.5 Å². The van der Waals surface area contributed by atoms with Crippen molar-refractivity contribution < 1.29 is 14.3 Å². The van der Waals surface area contributed by atoms with Gasteiger partial charge in [-0.15, -0.1) is 23.7 Å². The van der Waals surface area contributed by atoms with E-state index in [2.05, 4.69) is 10.6 Å². The van der Waals surface area contributed by atoms with Gasteiger partial charge in [0.05, 0.1) is 13.2 Å². The maximum absolute atomic E-state index is 12.9. The number of carbonyl (C=O) groups is 1. The third kappa shape index (κ3) is 5.47. The van der Waals surface area contributed by atoms with Gasteiger partial charge in [-0.1, -0.05) is 30.3 Å². The molecule has 3 rings (SSSR count). The van der Waals surface area contributed by atoms with Crippen LogP contribution in [-0.4, -0.2) is 45.9 Å². The first-order valence-corrected chi connectivity index (χ1v) is 10.3. The van der Waals surface area contributed by atoms with Crippen LogP contribution in [-0.2, 0) is 4.74 Å². The average Bonchev–Trinajstić information content (AvgIpc) is 3.12. The topological polar surface area (TPSA) is 59.6 Å². The smallest absolute Gasteiger partial charge is 0.265 e. The summed E-state index contributed by atoms with van der Waals surface area (Å²) in [5.41, 5.74) is 1.10. The van der Waals surface area contributed by atoms with Gasteiger partial charge in [0.2, 0.25) is 0 Å². The Hall–Kier alpha value is -1.60. The molecule has 1 aliphatic rings. The molecular weight excluding hydrogens is 396 g/mol. The van der Waals surface area contributed by atoms with Crippen molar-refractivity contribution in [3.8, 4) is 16.2 Å². The van der Waals surface area contributed by atoms with Crippen LogP contribution >= 0.6 is 23.7 Å². The summed E-state index contributed by atoms with van der Waals surface area (Å²) in [6, 6.07) is 12.1. The molecule has 0 saturated carbocycles. The minimum atomic E-state index is -0.0698. The van der Waals surface area contributed by atoms with Crippen LogP contribution in [0.3, 0.4) is 0 Å². The van der Waals surface area contributed by atoms with Gasteiger partial charge in [-0.25, -0.2) is 0 Å². The Kier molecular flexibility index (Phi) is 8.76. The van der Waals surface area contributed by atoms with Gasteiger partial charge in [0.1, 0.15) is 10.6 Å². The number of piperidine rings is 1. The summed E-state index contributed by atoms with van der Waals surface area (Å²) >= 11 is 1.48. The molecule has 0 radical (unpaired) electrons. The van der Waals surface area contributed by atoms with Crippen molar-refractivity contribution >= 4 is 29.7 Å². The number of amides is 1. The molecule has 1 aromatic carbocycles. The van der Waals surface area contributed by atoms with E-state index in [9.17, 15) is 4.79 Å². The zero-order chi connectivity index (χ0) is 19.1. The maximum atomic E-state index is 12.9. The van der Waals surface area contributed by atoms with E-state index in [4.69, 9.17) is 9.47 Å². The van der Waals surface area contributed by atoms with E-state index in [-0.39, 0.29) is 23.7 Å². The number of nitrogens with one attached hydrogen (secondary N) is 2. The lowest BCUT2D eigenvalue weighted by Gasteiger charge is -2.37. The first-order valence-electron chi connectivity index (χ1n) is 9.47. The molecule has 0 atom stereocenters. The molecule has 28 heavy (non-hydrogen) atoms. The highest BCUT2D eigenvalue weighted by molar-refractivity contribution is 7.17. The first kappa shape index (κ1) is 22.7. The number of rotatable bonds is 8. The fraction of sp³-hybridized carbons (Fsp3) is 0.476. The predicted octanol–water partition coefficient (Wildman–Crippen LogP) is 3.98. The van der Waals surface area contributed by atoms with Gasteiger partial charge in [0, 0.05) is 23.9 Å². The van der Waals surface area contributed by atoms with Crippen molar-refractivity contribution in [3.05, 3.63) is 41.3 Å². The quantitative estimate of drug-likeness (QED) is 0.672. The van der Waals surface area contributed by atoms with E-state index in [1.54, 1.807) is 7.11 Å².